The first-order chi connectivity index (χ1) is 27.2. The van der Waals surface area contributed by atoms with E-state index in [-0.39, 0.29) is 0 Å². The molecule has 4 heterocycles. The molecule has 55 heavy (non-hydrogen) atoms. The lowest BCUT2D eigenvalue weighted by Gasteiger charge is -2.15. The predicted molar refractivity (Wildman–Crippen MR) is 222 cm³/mol. The number of nitrogens with zero attached hydrogens (tertiary/aromatic N) is 5. The lowest BCUT2D eigenvalue weighted by molar-refractivity contribution is 0.671. The molecular formula is C48H25N5OS. The summed E-state index contributed by atoms with van der Waals surface area (Å²) in [4.78, 5) is 10.3. The van der Waals surface area contributed by atoms with Gasteiger partial charge in [0, 0.05) is 58.4 Å². The minimum atomic E-state index is 0.343. The van der Waals surface area contributed by atoms with Gasteiger partial charge in [-0.1, -0.05) is 109 Å². The number of rotatable bonds is 4. The summed E-state index contributed by atoms with van der Waals surface area (Å²) in [5, 5.41) is 28.1. The molecule has 0 amide bonds. The maximum absolute atomic E-state index is 10.9. The van der Waals surface area contributed by atoms with Gasteiger partial charge in [-0.3, -0.25) is 0 Å². The predicted octanol–water partition coefficient (Wildman–Crippen LogP) is 12.6. The lowest BCUT2D eigenvalue weighted by atomic mass is 9.98. The normalized spacial score (nSPS) is 11.6. The zero-order chi connectivity index (χ0) is 36.6. The van der Waals surface area contributed by atoms with E-state index in [1.807, 2.05) is 91.0 Å². The van der Waals surface area contributed by atoms with Gasteiger partial charge in [0.15, 0.2) is 11.4 Å². The lowest BCUT2D eigenvalue weighted by Crippen LogP contribution is -2.03. The maximum Gasteiger partial charge on any atom is 0.161 e. The Labute approximate surface area is 318 Å². The Morgan fingerprint density at radius 2 is 1.27 bits per heavy atom. The molecule has 0 atom stereocenters. The fourth-order valence-electron chi connectivity index (χ4n) is 8.07. The highest BCUT2D eigenvalue weighted by Gasteiger charge is 2.24. The summed E-state index contributed by atoms with van der Waals surface area (Å²) in [6.45, 7) is 0. The largest absolute Gasteiger partial charge is 0.454 e. The number of para-hydroxylation sites is 2. The molecule has 11 rings (SSSR count). The van der Waals surface area contributed by atoms with E-state index in [0.717, 1.165) is 65.0 Å². The molecule has 0 bridgehead atoms. The van der Waals surface area contributed by atoms with Crippen molar-refractivity contribution in [2.75, 3.05) is 0 Å². The van der Waals surface area contributed by atoms with E-state index in [1.54, 1.807) is 11.3 Å². The molecule has 0 aliphatic carbocycles. The third kappa shape index (κ3) is 4.58. The van der Waals surface area contributed by atoms with E-state index >= 15 is 0 Å². The second-order valence-corrected chi connectivity index (χ2v) is 14.6. The average molecular weight is 720 g/mol. The Hall–Kier alpha value is -7.58. The van der Waals surface area contributed by atoms with Gasteiger partial charge >= 0.3 is 0 Å². The molecule has 254 valence electrons. The quantitative estimate of drug-likeness (QED) is 0.181. The highest BCUT2D eigenvalue weighted by atomic mass is 32.1. The van der Waals surface area contributed by atoms with Gasteiger partial charge < -0.3 is 8.98 Å². The number of benzene rings is 7. The SMILES string of the molecule is N#Cc1cc(-c2nc(-c3cccc4c3sc3ccccc34)nc(-c3ccccc3)c2C#N)ccc1-n1c2ccccc2c2ccc3c4ccccc4oc3c21. The number of aromatic nitrogens is 3. The van der Waals surface area contributed by atoms with E-state index in [4.69, 9.17) is 14.4 Å². The average Bonchev–Trinajstić information content (AvgIpc) is 3.93. The summed E-state index contributed by atoms with van der Waals surface area (Å²) in [5.41, 5.74) is 8.26. The molecule has 6 nitrogen and oxygen atoms in total. The van der Waals surface area contributed by atoms with Crippen molar-refractivity contribution in [3.8, 4) is 51.7 Å². The maximum atomic E-state index is 10.9. The van der Waals surface area contributed by atoms with Crippen LogP contribution in [0.15, 0.2) is 156 Å². The van der Waals surface area contributed by atoms with Gasteiger partial charge in [0.05, 0.1) is 33.7 Å². The van der Waals surface area contributed by atoms with Crippen LogP contribution >= 0.6 is 11.3 Å². The van der Waals surface area contributed by atoms with Gasteiger partial charge in [-0.2, -0.15) is 10.5 Å². The molecule has 0 saturated carbocycles. The van der Waals surface area contributed by atoms with Crippen molar-refractivity contribution in [3.05, 3.63) is 163 Å². The van der Waals surface area contributed by atoms with Crippen LogP contribution < -0.4 is 0 Å². The van der Waals surface area contributed by atoms with Crippen LogP contribution in [0, 0.1) is 22.7 Å². The summed E-state index contributed by atoms with van der Waals surface area (Å²) in [6.07, 6.45) is 0. The van der Waals surface area contributed by atoms with Gasteiger partial charge in [0.25, 0.3) is 0 Å². The summed E-state index contributed by atoms with van der Waals surface area (Å²) in [5.74, 6) is 0.516. The zero-order valence-corrected chi connectivity index (χ0v) is 29.8. The van der Waals surface area contributed by atoms with E-state index < -0.39 is 0 Å². The summed E-state index contributed by atoms with van der Waals surface area (Å²) >= 11 is 1.71. The number of nitriles is 2. The van der Waals surface area contributed by atoms with Crippen molar-refractivity contribution < 1.29 is 4.42 Å². The van der Waals surface area contributed by atoms with Gasteiger partial charge in [-0.25, -0.2) is 9.97 Å². The Kier molecular flexibility index (Phi) is 6.75. The van der Waals surface area contributed by atoms with Crippen LogP contribution in [0.25, 0.3) is 104 Å². The third-order valence-electron chi connectivity index (χ3n) is 10.5. The molecule has 0 spiro atoms. The van der Waals surface area contributed by atoms with E-state index in [0.29, 0.717) is 39.6 Å². The van der Waals surface area contributed by atoms with Crippen LogP contribution in [0.4, 0.5) is 0 Å². The van der Waals surface area contributed by atoms with Crippen molar-refractivity contribution in [1.29, 1.82) is 10.5 Å². The van der Waals surface area contributed by atoms with Crippen LogP contribution in [-0.4, -0.2) is 14.5 Å². The molecule has 0 saturated heterocycles. The van der Waals surface area contributed by atoms with Crippen molar-refractivity contribution in [3.63, 3.8) is 0 Å². The van der Waals surface area contributed by atoms with Crippen molar-refractivity contribution in [2.45, 2.75) is 0 Å². The van der Waals surface area contributed by atoms with Crippen molar-refractivity contribution >= 4 is 75.3 Å². The number of furan rings is 1. The molecule has 7 aromatic carbocycles. The highest BCUT2D eigenvalue weighted by molar-refractivity contribution is 7.26. The molecular weight excluding hydrogens is 695 g/mol. The summed E-state index contributed by atoms with van der Waals surface area (Å²) in [7, 11) is 0. The minimum Gasteiger partial charge on any atom is -0.454 e. The Morgan fingerprint density at radius 1 is 0.564 bits per heavy atom. The highest BCUT2D eigenvalue weighted by Crippen LogP contribution is 2.43. The van der Waals surface area contributed by atoms with Gasteiger partial charge in [-0.05, 0) is 42.5 Å². The molecule has 0 N–H and O–H groups in total. The Morgan fingerprint density at radius 3 is 2.11 bits per heavy atom. The standard InChI is InChI=1S/C48H25N5OS/c49-26-30-25-29(21-24-39(30)53-40-18-7-4-13-31(40)34-22-23-35-32-14-5-8-19-41(32)54-46(35)45(34)53)44-38(27-50)43(28-11-2-1-3-12-28)51-48(52-44)37-17-10-16-36-33-15-6-9-20-42(33)55-47(36)37/h1-25H. The molecule has 0 radical (unpaired) electrons. The second kappa shape index (κ2) is 12.0. The third-order valence-corrected chi connectivity index (χ3v) is 11.7. The summed E-state index contributed by atoms with van der Waals surface area (Å²) < 4.78 is 10.9. The fraction of sp³-hybridized carbons (Fsp3) is 0. The van der Waals surface area contributed by atoms with Gasteiger partial charge in [0.1, 0.15) is 23.3 Å². The van der Waals surface area contributed by atoms with Crippen LogP contribution in [-0.2, 0) is 0 Å². The Balaban J connectivity index is 1.17. The smallest absolute Gasteiger partial charge is 0.161 e. The second-order valence-electron chi connectivity index (χ2n) is 13.5. The van der Waals surface area contributed by atoms with Gasteiger partial charge in [-0.15, -0.1) is 11.3 Å². The first-order valence-corrected chi connectivity index (χ1v) is 18.7. The number of thiophene rings is 1. The van der Waals surface area contributed by atoms with Crippen LogP contribution in [0.2, 0.25) is 0 Å². The molecule has 11 aromatic rings. The molecule has 0 aliphatic rings. The molecule has 7 heteroatoms. The molecule has 0 fully saturated rings. The zero-order valence-electron chi connectivity index (χ0n) is 29.0. The van der Waals surface area contributed by atoms with Crippen molar-refractivity contribution in [2.24, 2.45) is 0 Å². The van der Waals surface area contributed by atoms with Crippen LogP contribution in [0.1, 0.15) is 11.1 Å². The van der Waals surface area contributed by atoms with Gasteiger partial charge in [0.2, 0.25) is 0 Å². The molecule has 0 aliphatic heterocycles. The minimum absolute atomic E-state index is 0.343. The van der Waals surface area contributed by atoms with E-state index in [9.17, 15) is 10.5 Å². The topological polar surface area (TPSA) is 91.4 Å². The number of hydrogen-bond donors (Lipinski definition) is 0. The van der Waals surface area contributed by atoms with Crippen LogP contribution in [0.3, 0.4) is 0 Å². The molecule has 0 unspecified atom stereocenters. The van der Waals surface area contributed by atoms with E-state index in [2.05, 4.69) is 77.4 Å². The van der Waals surface area contributed by atoms with Crippen molar-refractivity contribution in [1.82, 2.24) is 14.5 Å². The Bertz CT molecular complexity index is 3470. The first-order valence-electron chi connectivity index (χ1n) is 17.9. The first kappa shape index (κ1) is 31.0. The summed E-state index contributed by atoms with van der Waals surface area (Å²) in [6, 6.07) is 55.6. The van der Waals surface area contributed by atoms with Crippen LogP contribution in [0.5, 0.6) is 0 Å². The monoisotopic (exact) mass is 719 g/mol. The van der Waals surface area contributed by atoms with E-state index in [1.165, 1.54) is 10.1 Å². The molecule has 4 aromatic heterocycles. The number of hydrogen-bond acceptors (Lipinski definition) is 6. The fourth-order valence-corrected chi connectivity index (χ4v) is 9.28. The number of fused-ring (bicyclic) bond motifs is 10.